The van der Waals surface area contributed by atoms with E-state index in [4.69, 9.17) is 0 Å². The molecule has 2 aromatic carbocycles. The van der Waals surface area contributed by atoms with Crippen molar-refractivity contribution in [2.45, 2.75) is 18.9 Å². The van der Waals surface area contributed by atoms with Gasteiger partial charge in [0.25, 0.3) is 0 Å². The minimum atomic E-state index is -0.831. The van der Waals surface area contributed by atoms with E-state index in [-0.39, 0.29) is 0 Å². The van der Waals surface area contributed by atoms with Gasteiger partial charge in [-0.15, -0.1) is 0 Å². The molecule has 0 radical (unpaired) electrons. The summed E-state index contributed by atoms with van der Waals surface area (Å²) in [5.74, 6) is -0.831. The Hall–Kier alpha value is -2.59. The van der Waals surface area contributed by atoms with Crippen molar-refractivity contribution in [3.8, 4) is 0 Å². The first-order valence-electron chi connectivity index (χ1n) is 7.70. The number of aliphatic carboxylic acids is 1. The molecule has 4 heteroatoms. The molecule has 0 spiro atoms. The second-order valence-electron chi connectivity index (χ2n) is 5.74. The largest absolute Gasteiger partial charge is 0.480 e. The van der Waals surface area contributed by atoms with E-state index in [1.165, 1.54) is 11.1 Å². The fraction of sp³-hybridized carbons (Fsp3) is 0.211. The van der Waals surface area contributed by atoms with E-state index >= 15 is 0 Å². The number of H-pyrrole nitrogens is 1. The van der Waals surface area contributed by atoms with Gasteiger partial charge in [-0.05, 0) is 42.3 Å². The van der Waals surface area contributed by atoms with Crippen molar-refractivity contribution in [3.63, 3.8) is 0 Å². The van der Waals surface area contributed by atoms with Crippen LogP contribution in [0.15, 0.2) is 54.7 Å². The second kappa shape index (κ2) is 6.67. The number of hydrogen-bond acceptors (Lipinski definition) is 2. The van der Waals surface area contributed by atoms with Crippen molar-refractivity contribution in [1.29, 1.82) is 0 Å². The van der Waals surface area contributed by atoms with Gasteiger partial charge in [0.1, 0.15) is 6.04 Å². The fourth-order valence-corrected chi connectivity index (χ4v) is 2.87. The third-order valence-electron chi connectivity index (χ3n) is 4.15. The number of hydrogen-bond donors (Lipinski definition) is 3. The number of aromatic amines is 1. The number of carbonyl (C=O) groups is 1. The van der Waals surface area contributed by atoms with E-state index in [2.05, 4.69) is 40.6 Å². The minimum absolute atomic E-state index is 0.459. The molecule has 1 unspecified atom stereocenters. The smallest absolute Gasteiger partial charge is 0.321 e. The molecule has 1 atom stereocenters. The highest BCUT2D eigenvalue weighted by Crippen LogP contribution is 2.22. The lowest BCUT2D eigenvalue weighted by Gasteiger charge is -2.10. The van der Waals surface area contributed by atoms with Crippen LogP contribution in [0.2, 0.25) is 0 Å². The molecular weight excluding hydrogens is 288 g/mol. The Kier molecular flexibility index (Phi) is 4.44. The maximum Gasteiger partial charge on any atom is 0.321 e. The predicted molar refractivity (Wildman–Crippen MR) is 91.7 cm³/mol. The van der Waals surface area contributed by atoms with Crippen LogP contribution < -0.4 is 5.32 Å². The lowest BCUT2D eigenvalue weighted by atomic mass is 10.00. The zero-order valence-corrected chi connectivity index (χ0v) is 13.0. The van der Waals surface area contributed by atoms with Gasteiger partial charge in [-0.25, -0.2) is 0 Å². The lowest BCUT2D eigenvalue weighted by molar-refractivity contribution is -0.139. The Morgan fingerprint density at radius 2 is 1.96 bits per heavy atom. The summed E-state index contributed by atoms with van der Waals surface area (Å²) in [4.78, 5) is 14.5. The molecule has 0 saturated heterocycles. The first-order chi connectivity index (χ1) is 11.2. The van der Waals surface area contributed by atoms with Gasteiger partial charge in [0, 0.05) is 23.5 Å². The predicted octanol–water partition coefficient (Wildman–Crippen LogP) is 2.97. The van der Waals surface area contributed by atoms with Crippen molar-refractivity contribution in [2.24, 2.45) is 0 Å². The Bertz CT molecular complexity index is 809. The molecule has 3 rings (SSSR count). The molecule has 3 N–H and O–H groups in total. The number of rotatable bonds is 6. The van der Waals surface area contributed by atoms with Gasteiger partial charge in [-0.2, -0.15) is 0 Å². The molecule has 0 bridgehead atoms. The van der Waals surface area contributed by atoms with Gasteiger partial charge in [0.15, 0.2) is 0 Å². The fourth-order valence-electron chi connectivity index (χ4n) is 2.87. The molecule has 1 heterocycles. The second-order valence-corrected chi connectivity index (χ2v) is 5.74. The highest BCUT2D eigenvalue weighted by molar-refractivity contribution is 5.85. The Balaban J connectivity index is 1.89. The van der Waals surface area contributed by atoms with Crippen molar-refractivity contribution >= 4 is 16.9 Å². The number of fused-ring (bicyclic) bond motifs is 1. The molecule has 0 aliphatic carbocycles. The third kappa shape index (κ3) is 3.43. The van der Waals surface area contributed by atoms with Gasteiger partial charge in [0.2, 0.25) is 0 Å². The highest BCUT2D eigenvalue weighted by Gasteiger charge is 2.17. The quantitative estimate of drug-likeness (QED) is 0.656. The first-order valence-corrected chi connectivity index (χ1v) is 7.70. The van der Waals surface area contributed by atoms with Crippen LogP contribution in [0.3, 0.4) is 0 Å². The summed E-state index contributed by atoms with van der Waals surface area (Å²) >= 11 is 0. The van der Waals surface area contributed by atoms with Gasteiger partial charge >= 0.3 is 5.97 Å². The van der Waals surface area contributed by atoms with Crippen LogP contribution in [-0.2, 0) is 17.6 Å². The maximum atomic E-state index is 11.2. The monoisotopic (exact) mass is 308 g/mol. The molecule has 0 saturated carbocycles. The SMILES string of the molecule is CNC(Cc1c[nH]c2ccc(Cc3ccccc3)cc12)C(=O)O. The summed E-state index contributed by atoms with van der Waals surface area (Å²) in [5, 5.41) is 13.2. The number of carboxylic acids is 1. The van der Waals surface area contributed by atoms with Crippen LogP contribution in [-0.4, -0.2) is 29.1 Å². The summed E-state index contributed by atoms with van der Waals surface area (Å²) in [6.45, 7) is 0. The van der Waals surface area contributed by atoms with Gasteiger partial charge < -0.3 is 15.4 Å². The normalized spacial score (nSPS) is 12.4. The third-order valence-corrected chi connectivity index (χ3v) is 4.15. The van der Waals surface area contributed by atoms with Gasteiger partial charge in [-0.1, -0.05) is 36.4 Å². The molecule has 0 aliphatic rings. The van der Waals surface area contributed by atoms with Gasteiger partial charge in [-0.3, -0.25) is 4.79 Å². The zero-order chi connectivity index (χ0) is 16.2. The number of aromatic nitrogens is 1. The minimum Gasteiger partial charge on any atom is -0.480 e. The Labute approximate surface area is 135 Å². The molecule has 118 valence electrons. The zero-order valence-electron chi connectivity index (χ0n) is 13.0. The van der Waals surface area contributed by atoms with E-state index in [0.717, 1.165) is 22.9 Å². The summed E-state index contributed by atoms with van der Waals surface area (Å²) in [6.07, 6.45) is 3.24. The van der Waals surface area contributed by atoms with Crippen LogP contribution in [0.4, 0.5) is 0 Å². The van der Waals surface area contributed by atoms with E-state index in [1.807, 2.05) is 24.4 Å². The number of nitrogens with one attached hydrogen (secondary N) is 2. The molecular formula is C19H20N2O2. The number of carboxylic acid groups (broad SMARTS) is 1. The number of benzene rings is 2. The number of likely N-dealkylation sites (N-methyl/N-ethyl adjacent to an activating group) is 1. The lowest BCUT2D eigenvalue weighted by Crippen LogP contribution is -2.35. The summed E-state index contributed by atoms with van der Waals surface area (Å²) in [5.41, 5.74) is 4.55. The molecule has 0 amide bonds. The van der Waals surface area contributed by atoms with E-state index < -0.39 is 12.0 Å². The van der Waals surface area contributed by atoms with Crippen molar-refractivity contribution in [2.75, 3.05) is 7.05 Å². The molecule has 3 aromatic rings. The summed E-state index contributed by atoms with van der Waals surface area (Å²) < 4.78 is 0. The van der Waals surface area contributed by atoms with Crippen LogP contribution in [0, 0.1) is 0 Å². The Morgan fingerprint density at radius 3 is 2.65 bits per heavy atom. The average Bonchev–Trinajstić information content (AvgIpc) is 2.95. The van der Waals surface area contributed by atoms with Crippen LogP contribution in [0.1, 0.15) is 16.7 Å². The average molecular weight is 308 g/mol. The van der Waals surface area contributed by atoms with E-state index in [0.29, 0.717) is 6.42 Å². The standard InChI is InChI=1S/C19H20N2O2/c1-20-18(19(22)23)11-15-12-21-17-8-7-14(10-16(15)17)9-13-5-3-2-4-6-13/h2-8,10,12,18,20-21H,9,11H2,1H3,(H,22,23). The van der Waals surface area contributed by atoms with Crippen molar-refractivity contribution in [1.82, 2.24) is 10.3 Å². The topological polar surface area (TPSA) is 65.1 Å². The molecule has 23 heavy (non-hydrogen) atoms. The molecule has 4 nitrogen and oxygen atoms in total. The summed E-state index contributed by atoms with van der Waals surface area (Å²) in [6, 6.07) is 16.1. The summed E-state index contributed by atoms with van der Waals surface area (Å²) in [7, 11) is 1.68. The van der Waals surface area contributed by atoms with E-state index in [9.17, 15) is 9.90 Å². The molecule has 0 fully saturated rings. The first kappa shape index (κ1) is 15.3. The molecule has 0 aliphatic heterocycles. The van der Waals surface area contributed by atoms with Crippen molar-refractivity contribution < 1.29 is 9.90 Å². The molecule has 1 aromatic heterocycles. The Morgan fingerprint density at radius 1 is 1.17 bits per heavy atom. The van der Waals surface area contributed by atoms with Gasteiger partial charge in [0.05, 0.1) is 0 Å². The van der Waals surface area contributed by atoms with Crippen molar-refractivity contribution in [3.05, 3.63) is 71.4 Å². The van der Waals surface area contributed by atoms with E-state index in [1.54, 1.807) is 7.05 Å². The maximum absolute atomic E-state index is 11.2. The van der Waals surface area contributed by atoms with Crippen LogP contribution in [0.5, 0.6) is 0 Å². The van der Waals surface area contributed by atoms with Crippen LogP contribution in [0.25, 0.3) is 10.9 Å². The highest BCUT2D eigenvalue weighted by atomic mass is 16.4. The van der Waals surface area contributed by atoms with Crippen LogP contribution >= 0.6 is 0 Å².